The summed E-state index contributed by atoms with van der Waals surface area (Å²) < 4.78 is 3.56. The van der Waals surface area contributed by atoms with Gasteiger partial charge in [-0.1, -0.05) is 4.49 Å². The van der Waals surface area contributed by atoms with E-state index in [-0.39, 0.29) is 24.9 Å². The molecule has 0 unspecified atom stereocenters. The molecule has 0 radical (unpaired) electrons. The van der Waals surface area contributed by atoms with Crippen LogP contribution in [0.4, 0.5) is 5.82 Å². The predicted octanol–water partition coefficient (Wildman–Crippen LogP) is -1.45. The second kappa shape index (κ2) is 5.25. The van der Waals surface area contributed by atoms with Gasteiger partial charge in [-0.15, -0.1) is 5.10 Å². The van der Waals surface area contributed by atoms with Gasteiger partial charge in [-0.3, -0.25) is 9.59 Å². The Labute approximate surface area is 83.8 Å². The van der Waals surface area contributed by atoms with Gasteiger partial charge >= 0.3 is 0 Å². The van der Waals surface area contributed by atoms with Crippen LogP contribution in [-0.4, -0.2) is 34.5 Å². The van der Waals surface area contributed by atoms with Gasteiger partial charge in [0.2, 0.25) is 11.8 Å². The number of nitrogens with zero attached hydrogens (tertiary/aromatic N) is 2. The highest BCUT2D eigenvalue weighted by Gasteiger charge is 2.05. The van der Waals surface area contributed by atoms with Crippen LogP contribution >= 0.6 is 11.5 Å². The molecule has 76 valence electrons. The first kappa shape index (κ1) is 10.5. The average molecular weight is 215 g/mol. The maximum Gasteiger partial charge on any atom is 0.244 e. The van der Waals surface area contributed by atoms with Crippen LogP contribution in [0.3, 0.4) is 0 Å². The molecule has 0 aliphatic heterocycles. The van der Waals surface area contributed by atoms with Gasteiger partial charge in [-0.25, -0.2) is 0 Å². The number of carbonyl (C=O) groups is 2. The van der Waals surface area contributed by atoms with E-state index in [2.05, 4.69) is 20.2 Å². The number of nitrogens with two attached hydrogens (primary N) is 1. The van der Waals surface area contributed by atoms with Gasteiger partial charge in [0, 0.05) is 0 Å². The summed E-state index contributed by atoms with van der Waals surface area (Å²) >= 11 is 1.13. The fraction of sp³-hybridized carbons (Fsp3) is 0.333. The molecular weight excluding hydrogens is 206 g/mol. The average Bonchev–Trinajstić information content (AvgIpc) is 2.66. The van der Waals surface area contributed by atoms with Gasteiger partial charge in [0.1, 0.15) is 0 Å². The SMILES string of the molecule is NCC(=O)NCC(=O)Nc1csnn1. The number of amides is 2. The van der Waals surface area contributed by atoms with E-state index >= 15 is 0 Å². The van der Waals surface area contributed by atoms with Crippen molar-refractivity contribution in [2.45, 2.75) is 0 Å². The number of carbonyl (C=O) groups excluding carboxylic acids is 2. The maximum atomic E-state index is 11.1. The highest BCUT2D eigenvalue weighted by Crippen LogP contribution is 2.01. The molecule has 14 heavy (non-hydrogen) atoms. The molecule has 1 aromatic rings. The van der Waals surface area contributed by atoms with E-state index in [0.29, 0.717) is 5.82 Å². The lowest BCUT2D eigenvalue weighted by Gasteiger charge is -2.02. The second-order valence-electron chi connectivity index (χ2n) is 2.32. The molecule has 0 fully saturated rings. The van der Waals surface area contributed by atoms with Gasteiger partial charge in [0.25, 0.3) is 0 Å². The van der Waals surface area contributed by atoms with Crippen LogP contribution in [0.15, 0.2) is 5.38 Å². The first-order chi connectivity index (χ1) is 6.72. The van der Waals surface area contributed by atoms with Crippen molar-refractivity contribution in [3.8, 4) is 0 Å². The monoisotopic (exact) mass is 215 g/mol. The summed E-state index contributed by atoms with van der Waals surface area (Å²) in [6, 6.07) is 0. The first-order valence-electron chi connectivity index (χ1n) is 3.76. The summed E-state index contributed by atoms with van der Waals surface area (Å²) in [7, 11) is 0. The quantitative estimate of drug-likeness (QED) is 0.569. The maximum absolute atomic E-state index is 11.1. The Morgan fingerprint density at radius 3 is 2.86 bits per heavy atom. The lowest BCUT2D eigenvalue weighted by molar-refractivity contribution is -0.123. The van der Waals surface area contributed by atoms with E-state index in [1.165, 1.54) is 0 Å². The van der Waals surface area contributed by atoms with Crippen LogP contribution in [0.2, 0.25) is 0 Å². The van der Waals surface area contributed by atoms with Crippen molar-refractivity contribution in [2.24, 2.45) is 5.73 Å². The number of anilines is 1. The number of nitrogens with one attached hydrogen (secondary N) is 2. The van der Waals surface area contributed by atoms with Crippen LogP contribution in [0.1, 0.15) is 0 Å². The summed E-state index contributed by atoms with van der Waals surface area (Å²) in [5.41, 5.74) is 5.03. The molecule has 0 atom stereocenters. The van der Waals surface area contributed by atoms with Crippen molar-refractivity contribution < 1.29 is 9.59 Å². The summed E-state index contributed by atoms with van der Waals surface area (Å²) in [6.45, 7) is -0.251. The zero-order valence-electron chi connectivity index (χ0n) is 7.19. The minimum atomic E-state index is -0.378. The van der Waals surface area contributed by atoms with Crippen molar-refractivity contribution >= 4 is 29.2 Å². The Morgan fingerprint density at radius 1 is 1.50 bits per heavy atom. The highest BCUT2D eigenvalue weighted by molar-refractivity contribution is 7.03. The lowest BCUT2D eigenvalue weighted by Crippen LogP contribution is -2.36. The molecule has 0 saturated heterocycles. The second-order valence-corrected chi connectivity index (χ2v) is 2.93. The fourth-order valence-corrected chi connectivity index (χ4v) is 1.05. The topological polar surface area (TPSA) is 110 Å². The largest absolute Gasteiger partial charge is 0.346 e. The van der Waals surface area contributed by atoms with Crippen LogP contribution < -0.4 is 16.4 Å². The fourth-order valence-electron chi connectivity index (χ4n) is 0.657. The number of aromatic nitrogens is 2. The van der Waals surface area contributed by atoms with Gasteiger partial charge in [0.05, 0.1) is 18.5 Å². The summed E-state index contributed by atoms with van der Waals surface area (Å²) in [5.74, 6) is -0.363. The molecule has 1 rings (SSSR count). The molecular formula is C6H9N5O2S. The Bertz CT molecular complexity index is 312. The van der Waals surface area contributed by atoms with Crippen molar-refractivity contribution in [1.29, 1.82) is 0 Å². The molecule has 0 aliphatic carbocycles. The molecule has 8 heteroatoms. The molecule has 0 bridgehead atoms. The van der Waals surface area contributed by atoms with Crippen LogP contribution in [0, 0.1) is 0 Å². The van der Waals surface area contributed by atoms with Crippen LogP contribution in [0.25, 0.3) is 0 Å². The van der Waals surface area contributed by atoms with E-state index in [0.717, 1.165) is 11.5 Å². The van der Waals surface area contributed by atoms with Gasteiger partial charge < -0.3 is 16.4 Å². The molecule has 0 aliphatic rings. The lowest BCUT2D eigenvalue weighted by atomic mass is 10.5. The normalized spacial score (nSPS) is 9.50. The Morgan fingerprint density at radius 2 is 2.29 bits per heavy atom. The number of rotatable bonds is 4. The summed E-state index contributed by atoms with van der Waals surface area (Å²) in [6.07, 6.45) is 0. The van der Waals surface area contributed by atoms with Crippen molar-refractivity contribution in [3.05, 3.63) is 5.38 Å². The van der Waals surface area contributed by atoms with Gasteiger partial charge in [-0.2, -0.15) is 0 Å². The minimum absolute atomic E-state index is 0.118. The molecule has 1 heterocycles. The van der Waals surface area contributed by atoms with E-state index < -0.39 is 0 Å². The molecule has 4 N–H and O–H groups in total. The Balaban J connectivity index is 2.26. The first-order valence-corrected chi connectivity index (χ1v) is 4.59. The minimum Gasteiger partial charge on any atom is -0.346 e. The van der Waals surface area contributed by atoms with Crippen LogP contribution in [0.5, 0.6) is 0 Å². The van der Waals surface area contributed by atoms with E-state index in [1.54, 1.807) is 5.38 Å². The summed E-state index contributed by atoms with van der Waals surface area (Å²) in [4.78, 5) is 21.8. The van der Waals surface area contributed by atoms with Crippen molar-refractivity contribution in [3.63, 3.8) is 0 Å². The van der Waals surface area contributed by atoms with Gasteiger partial charge in [0.15, 0.2) is 5.82 Å². The van der Waals surface area contributed by atoms with Crippen molar-refractivity contribution in [1.82, 2.24) is 14.9 Å². The zero-order chi connectivity index (χ0) is 10.4. The molecule has 1 aromatic heterocycles. The Hall–Kier alpha value is -1.54. The highest BCUT2D eigenvalue weighted by atomic mass is 32.1. The molecule has 0 saturated carbocycles. The van der Waals surface area contributed by atoms with E-state index in [4.69, 9.17) is 5.73 Å². The third-order valence-corrected chi connectivity index (χ3v) is 1.76. The predicted molar refractivity (Wildman–Crippen MR) is 50.6 cm³/mol. The summed E-state index contributed by atoms with van der Waals surface area (Å²) in [5, 5.41) is 9.96. The van der Waals surface area contributed by atoms with Crippen LogP contribution in [-0.2, 0) is 9.59 Å². The Kier molecular flexibility index (Phi) is 3.95. The number of hydrogen-bond donors (Lipinski definition) is 3. The van der Waals surface area contributed by atoms with Crippen molar-refractivity contribution in [2.75, 3.05) is 18.4 Å². The van der Waals surface area contributed by atoms with E-state index in [9.17, 15) is 9.59 Å². The third-order valence-electron chi connectivity index (χ3n) is 1.26. The number of hydrogen-bond acceptors (Lipinski definition) is 6. The van der Waals surface area contributed by atoms with Gasteiger partial charge in [-0.05, 0) is 11.5 Å². The molecule has 7 nitrogen and oxygen atoms in total. The molecule has 2 amide bonds. The molecule has 0 spiro atoms. The zero-order valence-corrected chi connectivity index (χ0v) is 8.00. The smallest absolute Gasteiger partial charge is 0.244 e. The standard InChI is InChI=1S/C6H9N5O2S/c7-1-5(12)8-2-6(13)9-4-3-14-11-10-4/h3H,1-2,7H2,(H,8,12)(H,9,13). The van der Waals surface area contributed by atoms with E-state index in [1.807, 2.05) is 0 Å². The third kappa shape index (κ3) is 3.46. The molecule has 0 aromatic carbocycles.